The van der Waals surface area contributed by atoms with E-state index in [4.69, 9.17) is 0 Å². The molecule has 0 saturated carbocycles. The number of hydrogen-bond acceptors (Lipinski definition) is 2. The molecular formula is C12H11Br4NO3. The summed E-state index contributed by atoms with van der Waals surface area (Å²) in [5, 5.41) is 12.1. The van der Waals surface area contributed by atoms with E-state index in [9.17, 15) is 14.7 Å². The highest BCUT2D eigenvalue weighted by Gasteiger charge is 2.27. The van der Waals surface area contributed by atoms with Gasteiger partial charge in [-0.25, -0.2) is 4.79 Å². The molecule has 0 spiro atoms. The molecule has 110 valence electrons. The van der Waals surface area contributed by atoms with Crippen LogP contribution in [0.4, 0.5) is 0 Å². The second-order valence-corrected chi connectivity index (χ2v) is 7.59. The van der Waals surface area contributed by atoms with E-state index < -0.39 is 11.9 Å². The van der Waals surface area contributed by atoms with Crippen molar-refractivity contribution in [3.05, 3.63) is 29.0 Å². The van der Waals surface area contributed by atoms with E-state index in [1.807, 2.05) is 13.8 Å². The Morgan fingerprint density at radius 2 is 1.45 bits per heavy atom. The Morgan fingerprint density at radius 1 is 1.00 bits per heavy atom. The number of aromatic carboxylic acids is 1. The van der Waals surface area contributed by atoms with Gasteiger partial charge in [0.2, 0.25) is 0 Å². The van der Waals surface area contributed by atoms with Crippen LogP contribution < -0.4 is 5.32 Å². The molecule has 1 amide bonds. The SMILES string of the molecule is CC(C)CNC(=O)c1c(Br)c(Br)c(Br)c(Br)c1C(=O)O. The van der Waals surface area contributed by atoms with Crippen LogP contribution in [0.2, 0.25) is 0 Å². The van der Waals surface area contributed by atoms with Gasteiger partial charge < -0.3 is 10.4 Å². The van der Waals surface area contributed by atoms with E-state index in [0.717, 1.165) is 0 Å². The van der Waals surface area contributed by atoms with E-state index in [0.29, 0.717) is 24.4 Å². The summed E-state index contributed by atoms with van der Waals surface area (Å²) in [7, 11) is 0. The molecule has 1 rings (SSSR count). The van der Waals surface area contributed by atoms with Crippen LogP contribution in [0.1, 0.15) is 34.6 Å². The second kappa shape index (κ2) is 7.38. The molecule has 0 aliphatic carbocycles. The van der Waals surface area contributed by atoms with Crippen molar-refractivity contribution in [2.75, 3.05) is 6.54 Å². The van der Waals surface area contributed by atoms with Gasteiger partial charge in [0.25, 0.3) is 5.91 Å². The Hall–Kier alpha value is 0.0800. The molecule has 4 nitrogen and oxygen atoms in total. The number of nitrogens with one attached hydrogen (secondary N) is 1. The van der Waals surface area contributed by atoms with E-state index in [1.54, 1.807) is 0 Å². The van der Waals surface area contributed by atoms with Crippen LogP contribution in [0.15, 0.2) is 17.9 Å². The maximum absolute atomic E-state index is 12.2. The molecule has 0 heterocycles. The summed E-state index contributed by atoms with van der Waals surface area (Å²) in [6, 6.07) is 0. The fraction of sp³-hybridized carbons (Fsp3) is 0.333. The number of carboxylic acids is 1. The van der Waals surface area contributed by atoms with E-state index in [1.165, 1.54) is 0 Å². The van der Waals surface area contributed by atoms with Gasteiger partial charge in [-0.3, -0.25) is 4.79 Å². The highest BCUT2D eigenvalue weighted by molar-refractivity contribution is 9.15. The van der Waals surface area contributed by atoms with Crippen molar-refractivity contribution in [2.24, 2.45) is 5.92 Å². The zero-order valence-corrected chi connectivity index (χ0v) is 16.9. The molecule has 0 fully saturated rings. The minimum atomic E-state index is -1.18. The number of halogens is 4. The van der Waals surface area contributed by atoms with Gasteiger partial charge in [-0.2, -0.15) is 0 Å². The van der Waals surface area contributed by atoms with Gasteiger partial charge >= 0.3 is 5.97 Å². The van der Waals surface area contributed by atoms with E-state index in [-0.39, 0.29) is 17.0 Å². The summed E-state index contributed by atoms with van der Waals surface area (Å²) < 4.78 is 1.81. The first-order valence-electron chi connectivity index (χ1n) is 5.55. The molecule has 20 heavy (non-hydrogen) atoms. The number of benzene rings is 1. The fourth-order valence-corrected chi connectivity index (χ4v) is 3.90. The number of carboxylic acid groups (broad SMARTS) is 1. The lowest BCUT2D eigenvalue weighted by Crippen LogP contribution is -2.29. The molecule has 2 N–H and O–H groups in total. The molecule has 0 bridgehead atoms. The molecule has 0 aromatic heterocycles. The lowest BCUT2D eigenvalue weighted by molar-refractivity contribution is 0.0689. The van der Waals surface area contributed by atoms with Crippen molar-refractivity contribution in [2.45, 2.75) is 13.8 Å². The standard InChI is InChI=1S/C12H11Br4NO3/c1-4(2)3-17-11(18)5-6(12(19)20)8(14)10(16)9(15)7(5)13/h4H,3H2,1-2H3,(H,17,18)(H,19,20). The molecule has 1 aromatic rings. The monoisotopic (exact) mass is 533 g/mol. The molecule has 0 aliphatic heterocycles. The highest BCUT2D eigenvalue weighted by Crippen LogP contribution is 2.42. The predicted molar refractivity (Wildman–Crippen MR) is 91.4 cm³/mol. The van der Waals surface area contributed by atoms with Crippen LogP contribution in [0.3, 0.4) is 0 Å². The second-order valence-electron chi connectivity index (χ2n) is 4.41. The first-order chi connectivity index (χ1) is 9.18. The van der Waals surface area contributed by atoms with Crippen molar-refractivity contribution in [3.63, 3.8) is 0 Å². The minimum Gasteiger partial charge on any atom is -0.478 e. The smallest absolute Gasteiger partial charge is 0.337 e. The Kier molecular flexibility index (Phi) is 6.69. The van der Waals surface area contributed by atoms with Gasteiger partial charge in [0, 0.05) is 24.4 Å². The summed E-state index contributed by atoms with van der Waals surface area (Å²) in [6.45, 7) is 4.39. The number of carbonyl (C=O) groups excluding carboxylic acids is 1. The van der Waals surface area contributed by atoms with Crippen molar-refractivity contribution in [3.8, 4) is 0 Å². The quantitative estimate of drug-likeness (QED) is 0.428. The summed E-state index contributed by atoms with van der Waals surface area (Å²) in [4.78, 5) is 23.7. The number of amides is 1. The first kappa shape index (κ1) is 18.1. The summed E-state index contributed by atoms with van der Waals surface area (Å²) in [5.74, 6) is -1.34. The third-order valence-electron chi connectivity index (χ3n) is 2.38. The average molecular weight is 537 g/mol. The molecule has 8 heteroatoms. The predicted octanol–water partition coefficient (Wildman–Crippen LogP) is 4.82. The molecule has 0 radical (unpaired) electrons. The maximum atomic E-state index is 12.2. The molecule has 0 atom stereocenters. The van der Waals surface area contributed by atoms with Crippen LogP contribution >= 0.6 is 63.7 Å². The van der Waals surface area contributed by atoms with Gasteiger partial charge in [-0.15, -0.1) is 0 Å². The summed E-state index contributed by atoms with van der Waals surface area (Å²) >= 11 is 13.1. The van der Waals surface area contributed by atoms with Gasteiger partial charge in [0.1, 0.15) is 0 Å². The van der Waals surface area contributed by atoms with Crippen molar-refractivity contribution < 1.29 is 14.7 Å². The van der Waals surface area contributed by atoms with E-state index >= 15 is 0 Å². The summed E-state index contributed by atoms with van der Waals surface area (Å²) in [6.07, 6.45) is 0. The third-order valence-corrected chi connectivity index (χ3v) is 7.15. The topological polar surface area (TPSA) is 66.4 Å². The van der Waals surface area contributed by atoms with Crippen LogP contribution in [0.25, 0.3) is 0 Å². The lowest BCUT2D eigenvalue weighted by atomic mass is 10.1. The Morgan fingerprint density at radius 3 is 1.85 bits per heavy atom. The van der Waals surface area contributed by atoms with Gasteiger partial charge in [0.05, 0.1) is 11.1 Å². The fourth-order valence-electron chi connectivity index (χ4n) is 1.43. The number of rotatable bonds is 4. The Labute approximate surface area is 150 Å². The van der Waals surface area contributed by atoms with Gasteiger partial charge in [-0.1, -0.05) is 13.8 Å². The maximum Gasteiger partial charge on any atom is 0.337 e. The molecular weight excluding hydrogens is 526 g/mol. The molecule has 0 aliphatic rings. The largest absolute Gasteiger partial charge is 0.478 e. The Balaban J connectivity index is 3.44. The van der Waals surface area contributed by atoms with Crippen molar-refractivity contribution in [1.29, 1.82) is 0 Å². The number of carbonyl (C=O) groups is 2. The van der Waals surface area contributed by atoms with Crippen LogP contribution in [-0.2, 0) is 0 Å². The van der Waals surface area contributed by atoms with Crippen LogP contribution in [-0.4, -0.2) is 23.5 Å². The van der Waals surface area contributed by atoms with Crippen molar-refractivity contribution in [1.82, 2.24) is 5.32 Å². The van der Waals surface area contributed by atoms with Crippen LogP contribution in [0.5, 0.6) is 0 Å². The minimum absolute atomic E-state index is 0.0834. The first-order valence-corrected chi connectivity index (χ1v) is 8.73. The summed E-state index contributed by atoms with van der Waals surface area (Å²) in [5.41, 5.74) is -0.00620. The number of hydrogen-bond donors (Lipinski definition) is 2. The molecule has 0 unspecified atom stereocenters. The normalized spacial score (nSPS) is 10.8. The molecule has 0 saturated heterocycles. The average Bonchev–Trinajstić information content (AvgIpc) is 2.36. The zero-order valence-electron chi connectivity index (χ0n) is 10.6. The van der Waals surface area contributed by atoms with Crippen molar-refractivity contribution >= 4 is 75.6 Å². The van der Waals surface area contributed by atoms with Gasteiger partial charge in [0.15, 0.2) is 0 Å². The Bertz CT molecular complexity index is 573. The molecule has 1 aromatic carbocycles. The van der Waals surface area contributed by atoms with E-state index in [2.05, 4.69) is 69.0 Å². The van der Waals surface area contributed by atoms with Gasteiger partial charge in [-0.05, 0) is 69.6 Å². The lowest BCUT2D eigenvalue weighted by Gasteiger charge is -2.15. The third kappa shape index (κ3) is 3.84. The van der Waals surface area contributed by atoms with Crippen LogP contribution in [0, 0.1) is 5.92 Å². The highest BCUT2D eigenvalue weighted by atomic mass is 79.9. The zero-order chi connectivity index (χ0) is 15.6.